The van der Waals surface area contributed by atoms with Gasteiger partial charge in [-0.3, -0.25) is 4.79 Å². The second-order valence-electron chi connectivity index (χ2n) is 3.53. The van der Waals surface area contributed by atoms with Crippen molar-refractivity contribution in [3.05, 3.63) is 29.3 Å². The number of carbonyl (C=O) groups is 2. The smallest absolute Gasteiger partial charge is 0.328 e. The predicted molar refractivity (Wildman–Crippen MR) is 71.8 cm³/mol. The highest BCUT2D eigenvalue weighted by molar-refractivity contribution is 8.00. The summed E-state index contributed by atoms with van der Waals surface area (Å²) in [7, 11) is 1.28. The van der Waals surface area contributed by atoms with Crippen LogP contribution >= 0.6 is 23.4 Å². The Labute approximate surface area is 115 Å². The molecule has 6 heteroatoms. The molecule has 18 heavy (non-hydrogen) atoms. The van der Waals surface area contributed by atoms with Gasteiger partial charge in [-0.05, 0) is 19.1 Å². The quantitative estimate of drug-likeness (QED) is 0.666. The number of ether oxygens (including phenoxy) is 1. The summed E-state index contributed by atoms with van der Waals surface area (Å²) in [6.45, 7) is 1.57. The number of rotatable bonds is 5. The minimum atomic E-state index is -0.644. The molecule has 0 radical (unpaired) electrons. The van der Waals surface area contributed by atoms with Crippen LogP contribution in [-0.4, -0.2) is 30.8 Å². The number of thioether (sulfide) groups is 1. The molecule has 0 aliphatic heterocycles. The molecule has 0 saturated carbocycles. The topological polar surface area (TPSA) is 55.4 Å². The van der Waals surface area contributed by atoms with Crippen LogP contribution in [0.4, 0.5) is 0 Å². The summed E-state index contributed by atoms with van der Waals surface area (Å²) in [5.74, 6) is -0.505. The molecule has 1 aromatic carbocycles. The van der Waals surface area contributed by atoms with Crippen LogP contribution in [0.1, 0.15) is 6.92 Å². The van der Waals surface area contributed by atoms with Crippen LogP contribution in [-0.2, 0) is 14.3 Å². The van der Waals surface area contributed by atoms with E-state index in [4.69, 9.17) is 11.6 Å². The number of amides is 1. The SMILES string of the molecule is COC(=O)[C@H](C)NC(=O)CSc1ccccc1Cl. The molecule has 0 fully saturated rings. The number of hydrogen-bond donors (Lipinski definition) is 1. The van der Waals surface area contributed by atoms with E-state index in [9.17, 15) is 9.59 Å². The van der Waals surface area contributed by atoms with Crippen molar-refractivity contribution in [3.63, 3.8) is 0 Å². The normalized spacial score (nSPS) is 11.7. The Morgan fingerprint density at radius 1 is 1.44 bits per heavy atom. The van der Waals surface area contributed by atoms with Crippen LogP contribution in [0.2, 0.25) is 5.02 Å². The summed E-state index contributed by atoms with van der Waals surface area (Å²) in [5, 5.41) is 3.15. The molecule has 98 valence electrons. The van der Waals surface area contributed by atoms with E-state index in [0.717, 1.165) is 4.90 Å². The summed E-state index contributed by atoms with van der Waals surface area (Å²) >= 11 is 7.28. The monoisotopic (exact) mass is 287 g/mol. The van der Waals surface area contributed by atoms with E-state index < -0.39 is 12.0 Å². The molecule has 0 heterocycles. The van der Waals surface area contributed by atoms with E-state index in [-0.39, 0.29) is 11.7 Å². The lowest BCUT2D eigenvalue weighted by molar-refractivity contribution is -0.144. The molecule has 0 aliphatic rings. The van der Waals surface area contributed by atoms with Crippen LogP contribution in [0, 0.1) is 0 Å². The molecule has 1 amide bonds. The highest BCUT2D eigenvalue weighted by Gasteiger charge is 2.15. The van der Waals surface area contributed by atoms with Gasteiger partial charge in [-0.1, -0.05) is 23.7 Å². The summed E-state index contributed by atoms with van der Waals surface area (Å²) in [4.78, 5) is 23.5. The van der Waals surface area contributed by atoms with Crippen molar-refractivity contribution in [1.82, 2.24) is 5.32 Å². The van der Waals surface area contributed by atoms with Crippen molar-refractivity contribution in [1.29, 1.82) is 0 Å². The van der Waals surface area contributed by atoms with Crippen molar-refractivity contribution in [3.8, 4) is 0 Å². The van der Waals surface area contributed by atoms with Gasteiger partial charge in [-0.15, -0.1) is 11.8 Å². The number of esters is 1. The zero-order valence-electron chi connectivity index (χ0n) is 10.1. The van der Waals surface area contributed by atoms with Gasteiger partial charge in [0.2, 0.25) is 5.91 Å². The maximum atomic E-state index is 11.6. The molecule has 0 unspecified atom stereocenters. The van der Waals surface area contributed by atoms with E-state index in [1.165, 1.54) is 18.9 Å². The molecule has 0 spiro atoms. The third-order valence-corrected chi connectivity index (χ3v) is 3.64. The van der Waals surface area contributed by atoms with Gasteiger partial charge in [0.1, 0.15) is 6.04 Å². The summed E-state index contributed by atoms with van der Waals surface area (Å²) in [6, 6.07) is 6.63. The van der Waals surface area contributed by atoms with Crippen LogP contribution in [0.5, 0.6) is 0 Å². The molecule has 0 aromatic heterocycles. The lowest BCUT2D eigenvalue weighted by Crippen LogP contribution is -2.40. The Morgan fingerprint density at radius 3 is 2.72 bits per heavy atom. The van der Waals surface area contributed by atoms with Crippen LogP contribution in [0.15, 0.2) is 29.2 Å². The van der Waals surface area contributed by atoms with E-state index in [2.05, 4.69) is 10.1 Å². The first kappa shape index (κ1) is 14.9. The molecule has 0 saturated heterocycles. The molecule has 4 nitrogen and oxygen atoms in total. The van der Waals surface area contributed by atoms with Crippen LogP contribution in [0.25, 0.3) is 0 Å². The minimum absolute atomic E-state index is 0.199. The van der Waals surface area contributed by atoms with E-state index in [1.54, 1.807) is 13.0 Å². The van der Waals surface area contributed by atoms with Gasteiger partial charge < -0.3 is 10.1 Å². The van der Waals surface area contributed by atoms with E-state index in [1.807, 2.05) is 18.2 Å². The fourth-order valence-electron chi connectivity index (χ4n) is 1.22. The Kier molecular flexibility index (Phi) is 6.01. The van der Waals surface area contributed by atoms with Crippen molar-refractivity contribution >= 4 is 35.2 Å². The summed E-state index contributed by atoms with van der Waals surface area (Å²) in [5.41, 5.74) is 0. The lowest BCUT2D eigenvalue weighted by Gasteiger charge is -2.11. The fraction of sp³-hybridized carbons (Fsp3) is 0.333. The number of methoxy groups -OCH3 is 1. The van der Waals surface area contributed by atoms with Crippen LogP contribution in [0.3, 0.4) is 0 Å². The number of carbonyl (C=O) groups excluding carboxylic acids is 2. The lowest BCUT2D eigenvalue weighted by atomic mass is 10.3. The van der Waals surface area contributed by atoms with Crippen molar-refractivity contribution in [2.24, 2.45) is 0 Å². The van der Waals surface area contributed by atoms with Gasteiger partial charge in [0.05, 0.1) is 17.9 Å². The molecule has 1 atom stereocenters. The Bertz CT molecular complexity index is 439. The number of nitrogens with one attached hydrogen (secondary N) is 1. The highest BCUT2D eigenvalue weighted by atomic mass is 35.5. The second-order valence-corrected chi connectivity index (χ2v) is 4.96. The van der Waals surface area contributed by atoms with Gasteiger partial charge in [0, 0.05) is 4.90 Å². The first-order valence-electron chi connectivity index (χ1n) is 5.29. The maximum absolute atomic E-state index is 11.6. The number of hydrogen-bond acceptors (Lipinski definition) is 4. The number of benzene rings is 1. The highest BCUT2D eigenvalue weighted by Crippen LogP contribution is 2.26. The minimum Gasteiger partial charge on any atom is -0.467 e. The van der Waals surface area contributed by atoms with Crippen molar-refractivity contribution in [2.75, 3.05) is 12.9 Å². The third kappa shape index (κ3) is 4.58. The molecular formula is C12H14ClNO3S. The molecule has 1 N–H and O–H groups in total. The zero-order chi connectivity index (χ0) is 13.5. The van der Waals surface area contributed by atoms with Gasteiger partial charge in [-0.25, -0.2) is 4.79 Å². The largest absolute Gasteiger partial charge is 0.467 e. The Balaban J connectivity index is 2.43. The van der Waals surface area contributed by atoms with E-state index in [0.29, 0.717) is 5.02 Å². The second kappa shape index (κ2) is 7.28. The van der Waals surface area contributed by atoms with Gasteiger partial charge in [0.25, 0.3) is 0 Å². The van der Waals surface area contributed by atoms with Gasteiger partial charge in [-0.2, -0.15) is 0 Å². The molecule has 1 aromatic rings. The number of halogens is 1. The summed E-state index contributed by atoms with van der Waals surface area (Å²) in [6.07, 6.45) is 0. The zero-order valence-corrected chi connectivity index (χ0v) is 11.7. The molecule has 0 bridgehead atoms. The Hall–Kier alpha value is -1.20. The third-order valence-electron chi connectivity index (χ3n) is 2.13. The van der Waals surface area contributed by atoms with Crippen molar-refractivity contribution < 1.29 is 14.3 Å². The van der Waals surface area contributed by atoms with E-state index >= 15 is 0 Å². The average molecular weight is 288 g/mol. The first-order valence-corrected chi connectivity index (χ1v) is 6.65. The molecule has 0 aliphatic carbocycles. The maximum Gasteiger partial charge on any atom is 0.328 e. The first-order chi connectivity index (χ1) is 8.54. The molecule has 1 rings (SSSR count). The Morgan fingerprint density at radius 2 is 2.11 bits per heavy atom. The van der Waals surface area contributed by atoms with Gasteiger partial charge in [0.15, 0.2) is 0 Å². The standard InChI is InChI=1S/C12H14ClNO3S/c1-8(12(16)17-2)14-11(15)7-18-10-6-4-3-5-9(10)13/h3-6,8H,7H2,1-2H3,(H,14,15)/t8-/m0/s1. The van der Waals surface area contributed by atoms with Gasteiger partial charge >= 0.3 is 5.97 Å². The van der Waals surface area contributed by atoms with Crippen LogP contribution < -0.4 is 5.32 Å². The molecular weight excluding hydrogens is 274 g/mol. The fourth-order valence-corrected chi connectivity index (χ4v) is 2.27. The summed E-state index contributed by atoms with van der Waals surface area (Å²) < 4.78 is 4.51. The average Bonchev–Trinajstić information content (AvgIpc) is 2.36. The van der Waals surface area contributed by atoms with Crippen molar-refractivity contribution in [2.45, 2.75) is 17.9 Å². The predicted octanol–water partition coefficient (Wildman–Crippen LogP) is 2.11.